The molecule has 1 N–H and O–H groups in total. The lowest BCUT2D eigenvalue weighted by Crippen LogP contribution is -2.43. The molecule has 3 atom stereocenters. The number of ether oxygens (including phenoxy) is 1. The number of rotatable bonds is 12. The molecule has 2 bridgehead atoms. The Kier molecular flexibility index (Phi) is 10.1. The normalized spacial score (nSPS) is 19.6. The molecule has 3 aromatic carbocycles. The maximum absolute atomic E-state index is 13.5. The summed E-state index contributed by atoms with van der Waals surface area (Å²) in [5.41, 5.74) is 4.54. The van der Waals surface area contributed by atoms with E-state index in [1.807, 2.05) is 50.4 Å². The quantitative estimate of drug-likeness (QED) is 0.154. The fourth-order valence-corrected chi connectivity index (χ4v) is 7.82. The number of aromatic nitrogens is 1. The van der Waals surface area contributed by atoms with Gasteiger partial charge in [0.25, 0.3) is 5.91 Å². The Balaban J connectivity index is 1.12. The first kappa shape index (κ1) is 32.6. The van der Waals surface area contributed by atoms with Gasteiger partial charge in [0.2, 0.25) is 0 Å². The van der Waals surface area contributed by atoms with E-state index in [9.17, 15) is 9.59 Å². The molecule has 0 saturated carbocycles. The first-order valence-electron chi connectivity index (χ1n) is 16.5. The molecule has 6 rings (SSSR count). The molecule has 46 heavy (non-hydrogen) atoms. The van der Waals surface area contributed by atoms with Crippen molar-refractivity contribution >= 4 is 45.8 Å². The van der Waals surface area contributed by atoms with Crippen LogP contribution in [0.1, 0.15) is 84.2 Å². The number of benzene rings is 3. The number of piperidine rings is 1. The van der Waals surface area contributed by atoms with Crippen molar-refractivity contribution in [1.29, 1.82) is 0 Å². The molecule has 4 aromatic rings. The number of halogens is 2. The van der Waals surface area contributed by atoms with Gasteiger partial charge in [-0.3, -0.25) is 14.5 Å². The average molecular weight is 661 g/mol. The number of nitrogens with zero attached hydrogens (tertiary/aromatic N) is 2. The van der Waals surface area contributed by atoms with Gasteiger partial charge in [0.05, 0.1) is 27.2 Å². The zero-order valence-corrected chi connectivity index (χ0v) is 28.4. The van der Waals surface area contributed by atoms with Crippen LogP contribution in [0.4, 0.5) is 0 Å². The standard InChI is InChI=1S/C38H43Cl2N3O3/c1-24(2)46-36-10-5-9-31-32(38(45)41-22-26-8-4-7-25(3)17-26)23-42(37(31)36)15-6-16-43-29-12-13-30(43)19-27(18-29)20-35(44)28-11-14-33(39)34(40)21-28/h4-5,7-11,14,17,21,23-24,27,29-30H,6,12-13,15-16,18-20,22H2,1-3H3,(H,41,45)/t27?,29-,30+. The van der Waals surface area contributed by atoms with Crippen molar-refractivity contribution in [3.63, 3.8) is 0 Å². The van der Waals surface area contributed by atoms with E-state index < -0.39 is 0 Å². The lowest BCUT2D eigenvalue weighted by atomic mass is 9.85. The summed E-state index contributed by atoms with van der Waals surface area (Å²) < 4.78 is 8.43. The lowest BCUT2D eigenvalue weighted by Gasteiger charge is -2.39. The minimum atomic E-state index is -0.0810. The van der Waals surface area contributed by atoms with Crippen LogP contribution in [0.15, 0.2) is 66.9 Å². The summed E-state index contributed by atoms with van der Waals surface area (Å²) in [5, 5.41) is 4.94. The Morgan fingerprint density at radius 2 is 1.72 bits per heavy atom. The first-order chi connectivity index (χ1) is 22.2. The Labute approximate surface area is 282 Å². The van der Waals surface area contributed by atoms with Crippen LogP contribution in [0.3, 0.4) is 0 Å². The van der Waals surface area contributed by atoms with Crippen molar-refractivity contribution in [3.05, 3.63) is 99.2 Å². The summed E-state index contributed by atoms with van der Waals surface area (Å²) in [4.78, 5) is 29.2. The van der Waals surface area contributed by atoms with Gasteiger partial charge in [-0.1, -0.05) is 65.2 Å². The Morgan fingerprint density at radius 1 is 0.957 bits per heavy atom. The zero-order valence-electron chi connectivity index (χ0n) is 26.9. The average Bonchev–Trinajstić information content (AvgIpc) is 3.51. The van der Waals surface area contributed by atoms with Gasteiger partial charge in [-0.2, -0.15) is 0 Å². The zero-order chi connectivity index (χ0) is 32.4. The smallest absolute Gasteiger partial charge is 0.253 e. The highest BCUT2D eigenvalue weighted by molar-refractivity contribution is 6.42. The molecule has 6 nitrogen and oxygen atoms in total. The Hall–Kier alpha value is -3.32. The SMILES string of the molecule is Cc1cccc(CNC(=O)c2cn(CCCN3[C@@H]4CC[C@H]3CC(CC(=O)c3ccc(Cl)c(Cl)c3)C4)c3c(OC(C)C)cccc23)c1. The largest absolute Gasteiger partial charge is 0.489 e. The van der Waals surface area contributed by atoms with Gasteiger partial charge in [-0.15, -0.1) is 0 Å². The Bertz CT molecular complexity index is 1720. The van der Waals surface area contributed by atoms with Gasteiger partial charge in [0.15, 0.2) is 5.78 Å². The van der Waals surface area contributed by atoms with E-state index in [2.05, 4.69) is 33.8 Å². The number of ketones is 1. The highest BCUT2D eigenvalue weighted by Gasteiger charge is 2.40. The van der Waals surface area contributed by atoms with Crippen molar-refractivity contribution in [3.8, 4) is 5.75 Å². The molecule has 242 valence electrons. The molecule has 2 fully saturated rings. The second-order valence-corrected chi connectivity index (χ2v) is 14.1. The maximum atomic E-state index is 13.5. The van der Waals surface area contributed by atoms with Crippen molar-refractivity contribution in [2.45, 2.75) is 90.6 Å². The maximum Gasteiger partial charge on any atom is 0.253 e. The van der Waals surface area contributed by atoms with Gasteiger partial charge >= 0.3 is 0 Å². The molecule has 2 saturated heterocycles. The van der Waals surface area contributed by atoms with E-state index in [0.29, 0.717) is 52.1 Å². The predicted octanol–water partition coefficient (Wildman–Crippen LogP) is 8.88. The number of hydrogen-bond donors (Lipinski definition) is 1. The number of carbonyl (C=O) groups is 2. The van der Waals surface area contributed by atoms with Crippen molar-refractivity contribution in [2.24, 2.45) is 5.92 Å². The molecule has 0 spiro atoms. The molecule has 0 aliphatic carbocycles. The summed E-state index contributed by atoms with van der Waals surface area (Å²) in [6.07, 6.45) is 8.01. The van der Waals surface area contributed by atoms with Gasteiger partial charge in [0, 0.05) is 55.3 Å². The molecule has 3 heterocycles. The lowest BCUT2D eigenvalue weighted by molar-refractivity contribution is 0.0807. The third-order valence-electron chi connectivity index (χ3n) is 9.52. The molecule has 1 aromatic heterocycles. The van der Waals surface area contributed by atoms with E-state index in [0.717, 1.165) is 54.6 Å². The molecule has 1 unspecified atom stereocenters. The fraction of sp³-hybridized carbons (Fsp3) is 0.421. The van der Waals surface area contributed by atoms with Crippen LogP contribution in [0.2, 0.25) is 10.0 Å². The number of para-hydroxylation sites is 1. The highest BCUT2D eigenvalue weighted by Crippen LogP contribution is 2.41. The summed E-state index contributed by atoms with van der Waals surface area (Å²) in [5.74, 6) is 1.26. The van der Waals surface area contributed by atoms with Gasteiger partial charge in [0.1, 0.15) is 5.75 Å². The second kappa shape index (κ2) is 14.2. The van der Waals surface area contributed by atoms with Gasteiger partial charge in [-0.25, -0.2) is 0 Å². The van der Waals surface area contributed by atoms with Crippen LogP contribution < -0.4 is 10.1 Å². The summed E-state index contributed by atoms with van der Waals surface area (Å²) >= 11 is 12.2. The molecule has 2 aliphatic rings. The van der Waals surface area contributed by atoms with Gasteiger partial charge in [-0.05, 0) is 88.6 Å². The number of amides is 1. The van der Waals surface area contributed by atoms with Crippen molar-refractivity contribution < 1.29 is 14.3 Å². The van der Waals surface area contributed by atoms with Crippen LogP contribution in [0.25, 0.3) is 10.9 Å². The minimum absolute atomic E-state index is 0.0213. The highest BCUT2D eigenvalue weighted by atomic mass is 35.5. The van der Waals surface area contributed by atoms with Crippen LogP contribution in [-0.2, 0) is 13.1 Å². The van der Waals surface area contributed by atoms with E-state index >= 15 is 0 Å². The van der Waals surface area contributed by atoms with Gasteiger partial charge < -0.3 is 14.6 Å². The fourth-order valence-electron chi connectivity index (χ4n) is 7.52. The molecule has 8 heteroatoms. The van der Waals surface area contributed by atoms with Crippen LogP contribution in [0.5, 0.6) is 5.75 Å². The summed E-state index contributed by atoms with van der Waals surface area (Å²) in [6, 6.07) is 20.4. The number of Topliss-reactive ketones (excluding diaryl/α,β-unsaturated/α-hetero) is 1. The van der Waals surface area contributed by atoms with E-state index in [1.54, 1.807) is 18.2 Å². The molecular weight excluding hydrogens is 617 g/mol. The number of fused-ring (bicyclic) bond motifs is 3. The van der Waals surface area contributed by atoms with Crippen LogP contribution in [0, 0.1) is 12.8 Å². The summed E-state index contributed by atoms with van der Waals surface area (Å²) in [7, 11) is 0. The molecule has 2 aliphatic heterocycles. The van der Waals surface area contributed by atoms with E-state index in [1.165, 1.54) is 18.4 Å². The first-order valence-corrected chi connectivity index (χ1v) is 17.3. The number of nitrogens with one attached hydrogen (secondary N) is 1. The van der Waals surface area contributed by atoms with E-state index in [-0.39, 0.29) is 17.8 Å². The topological polar surface area (TPSA) is 63.6 Å². The van der Waals surface area contributed by atoms with Crippen molar-refractivity contribution in [1.82, 2.24) is 14.8 Å². The third kappa shape index (κ3) is 7.30. The molecule has 1 amide bonds. The number of aryl methyl sites for hydroxylation is 2. The third-order valence-corrected chi connectivity index (χ3v) is 10.3. The monoisotopic (exact) mass is 659 g/mol. The van der Waals surface area contributed by atoms with Crippen LogP contribution in [-0.4, -0.2) is 45.9 Å². The minimum Gasteiger partial charge on any atom is -0.489 e. The Morgan fingerprint density at radius 3 is 2.43 bits per heavy atom. The molecular formula is C38H43Cl2N3O3. The van der Waals surface area contributed by atoms with E-state index in [4.69, 9.17) is 27.9 Å². The number of carbonyl (C=O) groups excluding carboxylic acids is 2. The predicted molar refractivity (Wildman–Crippen MR) is 186 cm³/mol. The molecule has 0 radical (unpaired) electrons. The number of hydrogen-bond acceptors (Lipinski definition) is 4. The second-order valence-electron chi connectivity index (χ2n) is 13.3. The summed E-state index contributed by atoms with van der Waals surface area (Å²) in [6.45, 7) is 8.37. The van der Waals surface area contributed by atoms with Crippen molar-refractivity contribution in [2.75, 3.05) is 6.54 Å². The van der Waals surface area contributed by atoms with Crippen LogP contribution >= 0.6 is 23.2 Å².